The molecule has 6 heteroatoms. The van der Waals surface area contributed by atoms with Gasteiger partial charge in [0.2, 0.25) is 0 Å². The average Bonchev–Trinajstić information content (AvgIpc) is 2.72. The second-order valence-corrected chi connectivity index (χ2v) is 7.81. The molecule has 0 aromatic carbocycles. The van der Waals surface area contributed by atoms with E-state index < -0.39 is 0 Å². The molecule has 0 atom stereocenters. The third kappa shape index (κ3) is 4.82. The predicted molar refractivity (Wildman–Crippen MR) is 104 cm³/mol. The zero-order chi connectivity index (χ0) is 18.5. The topological polar surface area (TPSA) is 60.2 Å². The van der Waals surface area contributed by atoms with Gasteiger partial charge in [-0.3, -0.25) is 14.3 Å². The van der Waals surface area contributed by atoms with Crippen LogP contribution in [0.3, 0.4) is 0 Å². The largest absolute Gasteiger partial charge is 0.381 e. The van der Waals surface area contributed by atoms with Crippen molar-refractivity contribution in [3.05, 3.63) is 47.3 Å². The van der Waals surface area contributed by atoms with Gasteiger partial charge in [-0.1, -0.05) is 0 Å². The Kier molecular flexibility index (Phi) is 5.94. The Hall–Kier alpha value is -2.05. The highest BCUT2D eigenvalue weighted by molar-refractivity contribution is 5.56. The summed E-state index contributed by atoms with van der Waals surface area (Å²) in [5.41, 5.74) is 1.59. The van der Waals surface area contributed by atoms with Gasteiger partial charge >= 0.3 is 0 Å². The van der Waals surface area contributed by atoms with E-state index in [2.05, 4.69) is 14.9 Å². The Morgan fingerprint density at radius 3 is 2.56 bits per heavy atom. The van der Waals surface area contributed by atoms with Gasteiger partial charge in [0, 0.05) is 50.3 Å². The van der Waals surface area contributed by atoms with Gasteiger partial charge in [-0.2, -0.15) is 0 Å². The highest BCUT2D eigenvalue weighted by Crippen LogP contribution is 2.22. The molecular formula is C21H28N4O2. The van der Waals surface area contributed by atoms with Crippen molar-refractivity contribution in [3.63, 3.8) is 0 Å². The lowest BCUT2D eigenvalue weighted by Gasteiger charge is -2.35. The van der Waals surface area contributed by atoms with E-state index in [0.29, 0.717) is 11.6 Å². The van der Waals surface area contributed by atoms with Crippen LogP contribution in [0.25, 0.3) is 11.3 Å². The molecule has 0 N–H and O–H groups in total. The van der Waals surface area contributed by atoms with Crippen LogP contribution in [0.2, 0.25) is 0 Å². The van der Waals surface area contributed by atoms with Crippen molar-refractivity contribution in [2.75, 3.05) is 32.8 Å². The van der Waals surface area contributed by atoms with Gasteiger partial charge in [0.25, 0.3) is 5.56 Å². The predicted octanol–water partition coefficient (Wildman–Crippen LogP) is 2.44. The molecule has 2 aromatic heterocycles. The maximum Gasteiger partial charge on any atom is 0.253 e. The van der Waals surface area contributed by atoms with Gasteiger partial charge in [0.1, 0.15) is 0 Å². The maximum atomic E-state index is 12.5. The average molecular weight is 368 g/mol. The number of nitrogens with zero attached hydrogens (tertiary/aromatic N) is 4. The number of aromatic nitrogens is 3. The van der Waals surface area contributed by atoms with Gasteiger partial charge in [-0.05, 0) is 62.7 Å². The fourth-order valence-corrected chi connectivity index (χ4v) is 4.16. The first-order valence-corrected chi connectivity index (χ1v) is 10.0. The normalized spacial score (nSPS) is 20.0. The molecule has 4 heterocycles. The molecule has 0 spiro atoms. The van der Waals surface area contributed by atoms with Crippen molar-refractivity contribution in [2.45, 2.75) is 32.2 Å². The van der Waals surface area contributed by atoms with Crippen LogP contribution in [-0.2, 0) is 11.3 Å². The highest BCUT2D eigenvalue weighted by atomic mass is 16.5. The zero-order valence-electron chi connectivity index (χ0n) is 15.8. The number of ether oxygens (including phenoxy) is 1. The van der Waals surface area contributed by atoms with Gasteiger partial charge < -0.3 is 9.64 Å². The fraction of sp³-hybridized carbons (Fsp3) is 0.571. The maximum absolute atomic E-state index is 12.5. The molecule has 2 aliphatic rings. The van der Waals surface area contributed by atoms with Crippen molar-refractivity contribution in [1.82, 2.24) is 19.4 Å². The molecule has 2 aliphatic heterocycles. The molecule has 0 amide bonds. The van der Waals surface area contributed by atoms with Crippen LogP contribution in [0.5, 0.6) is 0 Å². The molecule has 2 fully saturated rings. The van der Waals surface area contributed by atoms with E-state index in [1.165, 1.54) is 19.4 Å². The van der Waals surface area contributed by atoms with Crippen LogP contribution in [-0.4, -0.2) is 52.3 Å². The van der Waals surface area contributed by atoms with E-state index >= 15 is 0 Å². The number of hydrogen-bond donors (Lipinski definition) is 0. The first kappa shape index (κ1) is 18.3. The minimum absolute atomic E-state index is 0.0217. The Bertz CT molecular complexity index is 778. The summed E-state index contributed by atoms with van der Waals surface area (Å²) in [4.78, 5) is 23.7. The van der Waals surface area contributed by atoms with Crippen LogP contribution in [0.4, 0.5) is 0 Å². The van der Waals surface area contributed by atoms with Gasteiger partial charge in [0.05, 0.1) is 12.0 Å². The summed E-state index contributed by atoms with van der Waals surface area (Å²) in [7, 11) is 0. The molecule has 2 saturated heterocycles. The van der Waals surface area contributed by atoms with Gasteiger partial charge in [0.15, 0.2) is 0 Å². The molecule has 4 rings (SSSR count). The Morgan fingerprint density at radius 1 is 1.07 bits per heavy atom. The molecular weight excluding hydrogens is 340 g/mol. The van der Waals surface area contributed by atoms with E-state index in [0.717, 1.165) is 57.2 Å². The first-order valence-electron chi connectivity index (χ1n) is 10.0. The van der Waals surface area contributed by atoms with E-state index in [1.807, 2.05) is 12.1 Å². The number of likely N-dealkylation sites (tertiary alicyclic amines) is 1. The summed E-state index contributed by atoms with van der Waals surface area (Å²) in [6.45, 7) is 6.09. The third-order valence-electron chi connectivity index (χ3n) is 5.86. The van der Waals surface area contributed by atoms with Crippen LogP contribution in [0, 0.1) is 11.8 Å². The molecule has 27 heavy (non-hydrogen) atoms. The smallest absolute Gasteiger partial charge is 0.253 e. The lowest BCUT2D eigenvalue weighted by Crippen LogP contribution is -2.39. The minimum atomic E-state index is 0.0217. The summed E-state index contributed by atoms with van der Waals surface area (Å²) in [6.07, 6.45) is 9.85. The van der Waals surface area contributed by atoms with Crippen LogP contribution in [0.1, 0.15) is 25.7 Å². The summed E-state index contributed by atoms with van der Waals surface area (Å²) in [6, 6.07) is 5.40. The number of pyridine rings is 1. The van der Waals surface area contributed by atoms with Crippen LogP contribution in [0.15, 0.2) is 41.7 Å². The van der Waals surface area contributed by atoms with Gasteiger partial charge in [-0.15, -0.1) is 0 Å². The molecule has 0 bridgehead atoms. The highest BCUT2D eigenvalue weighted by Gasteiger charge is 2.23. The monoisotopic (exact) mass is 368 g/mol. The molecule has 6 nitrogen and oxygen atoms in total. The van der Waals surface area contributed by atoms with Crippen molar-refractivity contribution in [1.29, 1.82) is 0 Å². The molecule has 0 radical (unpaired) electrons. The van der Waals surface area contributed by atoms with Crippen LogP contribution < -0.4 is 5.56 Å². The van der Waals surface area contributed by atoms with Crippen molar-refractivity contribution >= 4 is 0 Å². The number of rotatable bonds is 5. The summed E-state index contributed by atoms with van der Waals surface area (Å²) in [5.74, 6) is 1.35. The fourth-order valence-electron chi connectivity index (χ4n) is 4.16. The Labute approximate surface area is 160 Å². The van der Waals surface area contributed by atoms with E-state index in [-0.39, 0.29) is 5.56 Å². The van der Waals surface area contributed by atoms with Crippen molar-refractivity contribution < 1.29 is 4.74 Å². The van der Waals surface area contributed by atoms with Gasteiger partial charge in [-0.25, -0.2) is 4.98 Å². The first-order chi connectivity index (χ1) is 13.3. The summed E-state index contributed by atoms with van der Waals surface area (Å²) >= 11 is 0. The van der Waals surface area contributed by atoms with Crippen LogP contribution >= 0.6 is 0 Å². The lowest BCUT2D eigenvalue weighted by atomic mass is 9.94. The summed E-state index contributed by atoms with van der Waals surface area (Å²) < 4.78 is 7.22. The van der Waals surface area contributed by atoms with E-state index in [4.69, 9.17) is 4.74 Å². The quantitative estimate of drug-likeness (QED) is 0.811. The van der Waals surface area contributed by atoms with E-state index in [9.17, 15) is 4.79 Å². The minimum Gasteiger partial charge on any atom is -0.381 e. The molecule has 0 aliphatic carbocycles. The zero-order valence-corrected chi connectivity index (χ0v) is 15.8. The van der Waals surface area contributed by atoms with E-state index in [1.54, 1.807) is 29.4 Å². The molecule has 0 unspecified atom stereocenters. The Balaban J connectivity index is 1.30. The SMILES string of the molecule is O=c1cc(-c2cccnc2)ncn1CC1CCN(CC2CCOCC2)CC1. The van der Waals surface area contributed by atoms with Crippen molar-refractivity contribution in [2.24, 2.45) is 11.8 Å². The third-order valence-corrected chi connectivity index (χ3v) is 5.86. The number of piperidine rings is 1. The summed E-state index contributed by atoms with van der Waals surface area (Å²) in [5, 5.41) is 0. The lowest BCUT2D eigenvalue weighted by molar-refractivity contribution is 0.0461. The standard InChI is InChI=1S/C21H28N4O2/c26-21-12-20(19-2-1-7-22-13-19)23-16-25(21)15-17-3-8-24(9-4-17)14-18-5-10-27-11-6-18/h1-2,7,12-13,16-18H,3-6,8-11,14-15H2. The molecule has 0 saturated carbocycles. The second kappa shape index (κ2) is 8.76. The number of hydrogen-bond acceptors (Lipinski definition) is 5. The molecule has 2 aromatic rings. The van der Waals surface area contributed by atoms with Crippen molar-refractivity contribution in [3.8, 4) is 11.3 Å². The second-order valence-electron chi connectivity index (χ2n) is 7.81. The Morgan fingerprint density at radius 2 is 1.85 bits per heavy atom. The molecule has 144 valence electrons.